The first-order valence-corrected chi connectivity index (χ1v) is 10.3. The van der Waals surface area contributed by atoms with Crippen LogP contribution in [0.3, 0.4) is 0 Å². The van der Waals surface area contributed by atoms with Crippen LogP contribution in [0.1, 0.15) is 29.3 Å². The van der Waals surface area contributed by atoms with Gasteiger partial charge < -0.3 is 4.74 Å². The fourth-order valence-electron chi connectivity index (χ4n) is 2.70. The highest BCUT2D eigenvalue weighted by molar-refractivity contribution is 7.99. The van der Waals surface area contributed by atoms with Gasteiger partial charge in [-0.1, -0.05) is 0 Å². The minimum absolute atomic E-state index is 0.0460. The van der Waals surface area contributed by atoms with Crippen molar-refractivity contribution in [2.45, 2.75) is 43.9 Å². The van der Waals surface area contributed by atoms with Crippen molar-refractivity contribution in [1.29, 1.82) is 5.26 Å². The Labute approximate surface area is 165 Å². The molecule has 6 nitrogen and oxygen atoms in total. The minimum Gasteiger partial charge on any atom is -0.382 e. The molecule has 3 aromatic rings. The van der Waals surface area contributed by atoms with Crippen molar-refractivity contribution in [3.63, 3.8) is 0 Å². The summed E-state index contributed by atoms with van der Waals surface area (Å²) in [6, 6.07) is 5.58. The first-order chi connectivity index (χ1) is 13.1. The van der Waals surface area contributed by atoms with Crippen molar-refractivity contribution in [3.05, 3.63) is 44.7 Å². The molecule has 3 heterocycles. The number of nitrogens with zero attached hydrogens (tertiary/aromatic N) is 4. The first kappa shape index (κ1) is 19.5. The Morgan fingerprint density at radius 2 is 2.22 bits per heavy atom. The monoisotopic (exact) mass is 400 g/mol. The lowest BCUT2D eigenvalue weighted by atomic mass is 10.2. The molecule has 8 heteroatoms. The van der Waals surface area contributed by atoms with Crippen LogP contribution in [0.2, 0.25) is 0 Å². The number of aromatic nitrogens is 3. The highest BCUT2D eigenvalue weighted by atomic mass is 32.2. The van der Waals surface area contributed by atoms with Crippen LogP contribution in [-0.2, 0) is 11.3 Å². The van der Waals surface area contributed by atoms with Crippen LogP contribution >= 0.6 is 23.1 Å². The quantitative estimate of drug-likeness (QED) is 0.442. The second-order valence-electron chi connectivity index (χ2n) is 5.94. The Kier molecular flexibility index (Phi) is 6.26. The maximum absolute atomic E-state index is 13.2. The topological polar surface area (TPSA) is 80.8 Å². The smallest absolute Gasteiger partial charge is 0.263 e. The number of nitriles is 1. The molecule has 0 saturated carbocycles. The number of pyridine rings is 1. The van der Waals surface area contributed by atoms with E-state index in [1.54, 1.807) is 22.9 Å². The molecule has 0 unspecified atom stereocenters. The van der Waals surface area contributed by atoms with E-state index >= 15 is 0 Å². The molecule has 0 aliphatic rings. The molecule has 3 aromatic heterocycles. The van der Waals surface area contributed by atoms with E-state index in [1.807, 2.05) is 20.8 Å². The van der Waals surface area contributed by atoms with Gasteiger partial charge in [-0.25, -0.2) is 9.97 Å². The minimum atomic E-state index is -0.0460. The van der Waals surface area contributed by atoms with E-state index in [-0.39, 0.29) is 5.56 Å². The summed E-state index contributed by atoms with van der Waals surface area (Å²) in [6.45, 7) is 7.65. The fraction of sp³-hybridized carbons (Fsp3) is 0.368. The van der Waals surface area contributed by atoms with Gasteiger partial charge in [-0.3, -0.25) is 9.36 Å². The maximum atomic E-state index is 13.2. The van der Waals surface area contributed by atoms with E-state index in [1.165, 1.54) is 23.1 Å². The Morgan fingerprint density at radius 1 is 1.41 bits per heavy atom. The Balaban J connectivity index is 2.08. The van der Waals surface area contributed by atoms with Crippen molar-refractivity contribution in [2.75, 3.05) is 13.2 Å². The molecule has 140 valence electrons. The normalized spacial score (nSPS) is 11.0. The van der Waals surface area contributed by atoms with Crippen LogP contribution in [0.25, 0.3) is 10.2 Å². The third kappa shape index (κ3) is 4.05. The van der Waals surface area contributed by atoms with Crippen LogP contribution in [0.15, 0.2) is 33.3 Å². The summed E-state index contributed by atoms with van der Waals surface area (Å²) in [5, 5.41) is 11.1. The van der Waals surface area contributed by atoms with Crippen LogP contribution in [0.5, 0.6) is 0 Å². The predicted molar refractivity (Wildman–Crippen MR) is 108 cm³/mol. The number of fused-ring (bicyclic) bond motifs is 1. The van der Waals surface area contributed by atoms with Gasteiger partial charge >= 0.3 is 0 Å². The largest absolute Gasteiger partial charge is 0.382 e. The van der Waals surface area contributed by atoms with Gasteiger partial charge in [-0.2, -0.15) is 5.26 Å². The van der Waals surface area contributed by atoms with Gasteiger partial charge in [0.15, 0.2) is 5.16 Å². The van der Waals surface area contributed by atoms with Crippen molar-refractivity contribution in [1.82, 2.24) is 14.5 Å². The summed E-state index contributed by atoms with van der Waals surface area (Å²) >= 11 is 2.78. The van der Waals surface area contributed by atoms with Gasteiger partial charge in [0.05, 0.1) is 10.9 Å². The summed E-state index contributed by atoms with van der Waals surface area (Å²) in [6.07, 6.45) is 2.35. The number of rotatable bonds is 7. The predicted octanol–water partition coefficient (Wildman–Crippen LogP) is 3.92. The standard InChI is InChI=1S/C19H20N4O2S2/c1-4-25-10-6-9-23-18(24)15-12(2)13(3)26-17(15)22-19(23)27-16-14(11-20)7-5-8-21-16/h5,7-8H,4,6,9-10H2,1-3H3. The number of ether oxygens (including phenoxy) is 1. The van der Waals surface area contributed by atoms with Crippen LogP contribution in [-0.4, -0.2) is 27.7 Å². The van der Waals surface area contributed by atoms with Gasteiger partial charge in [0.2, 0.25) is 0 Å². The number of hydrogen-bond donors (Lipinski definition) is 0. The lowest BCUT2D eigenvalue weighted by Crippen LogP contribution is -2.24. The first-order valence-electron chi connectivity index (χ1n) is 8.68. The van der Waals surface area contributed by atoms with E-state index in [0.717, 1.165) is 15.3 Å². The summed E-state index contributed by atoms with van der Waals surface area (Å²) < 4.78 is 7.09. The number of hydrogen-bond acceptors (Lipinski definition) is 7. The van der Waals surface area contributed by atoms with Crippen molar-refractivity contribution in [2.24, 2.45) is 0 Å². The van der Waals surface area contributed by atoms with Gasteiger partial charge in [0, 0.05) is 30.8 Å². The van der Waals surface area contributed by atoms with E-state index in [2.05, 4.69) is 11.1 Å². The molecule has 0 saturated heterocycles. The summed E-state index contributed by atoms with van der Waals surface area (Å²) in [4.78, 5) is 24.0. The molecule has 0 N–H and O–H groups in total. The Bertz CT molecular complexity index is 1070. The zero-order valence-electron chi connectivity index (χ0n) is 15.5. The molecule has 0 spiro atoms. The maximum Gasteiger partial charge on any atom is 0.263 e. The lowest BCUT2D eigenvalue weighted by molar-refractivity contribution is 0.140. The molecular formula is C19H20N4O2S2. The summed E-state index contributed by atoms with van der Waals surface area (Å²) in [5.41, 5.74) is 1.41. The Morgan fingerprint density at radius 3 is 2.96 bits per heavy atom. The molecule has 0 bridgehead atoms. The van der Waals surface area contributed by atoms with E-state index < -0.39 is 0 Å². The van der Waals surface area contributed by atoms with E-state index in [0.29, 0.717) is 47.3 Å². The molecule has 0 amide bonds. The van der Waals surface area contributed by atoms with Crippen molar-refractivity contribution < 1.29 is 4.74 Å². The van der Waals surface area contributed by atoms with Crippen molar-refractivity contribution >= 4 is 33.3 Å². The van der Waals surface area contributed by atoms with Gasteiger partial charge in [-0.05, 0) is 56.7 Å². The van der Waals surface area contributed by atoms with E-state index in [4.69, 9.17) is 9.72 Å². The van der Waals surface area contributed by atoms with Crippen LogP contribution in [0.4, 0.5) is 0 Å². The fourth-order valence-corrected chi connectivity index (χ4v) is 4.71. The summed E-state index contributed by atoms with van der Waals surface area (Å²) in [7, 11) is 0. The highest BCUT2D eigenvalue weighted by Gasteiger charge is 2.18. The average Bonchev–Trinajstić information content (AvgIpc) is 2.95. The molecule has 3 rings (SSSR count). The van der Waals surface area contributed by atoms with E-state index in [9.17, 15) is 10.1 Å². The number of thiophene rings is 1. The second kappa shape index (κ2) is 8.65. The third-order valence-corrected chi connectivity index (χ3v) is 6.32. The van der Waals surface area contributed by atoms with Gasteiger partial charge in [0.25, 0.3) is 5.56 Å². The zero-order valence-corrected chi connectivity index (χ0v) is 17.1. The average molecular weight is 401 g/mol. The molecular weight excluding hydrogens is 380 g/mol. The highest BCUT2D eigenvalue weighted by Crippen LogP contribution is 2.31. The molecule has 0 aliphatic carbocycles. The lowest BCUT2D eigenvalue weighted by Gasteiger charge is -2.12. The second-order valence-corrected chi connectivity index (χ2v) is 8.09. The van der Waals surface area contributed by atoms with Gasteiger partial charge in [0.1, 0.15) is 15.9 Å². The SMILES string of the molecule is CCOCCCn1c(Sc2ncccc2C#N)nc2sc(C)c(C)c2c1=O. The summed E-state index contributed by atoms with van der Waals surface area (Å²) in [5.74, 6) is 0. The Hall–Kier alpha value is -2.21. The van der Waals surface area contributed by atoms with Crippen LogP contribution in [0, 0.1) is 25.2 Å². The zero-order chi connectivity index (χ0) is 19.4. The molecule has 0 aromatic carbocycles. The molecule has 0 aliphatic heterocycles. The molecule has 0 radical (unpaired) electrons. The molecule has 0 fully saturated rings. The van der Waals surface area contributed by atoms with Gasteiger partial charge in [-0.15, -0.1) is 11.3 Å². The molecule has 27 heavy (non-hydrogen) atoms. The third-order valence-electron chi connectivity index (χ3n) is 4.21. The van der Waals surface area contributed by atoms with Crippen molar-refractivity contribution in [3.8, 4) is 6.07 Å². The molecule has 0 atom stereocenters. The van der Waals surface area contributed by atoms with Crippen LogP contribution < -0.4 is 5.56 Å². The number of aryl methyl sites for hydroxylation is 2.